The summed E-state index contributed by atoms with van der Waals surface area (Å²) in [4.78, 5) is 8.34. The maximum atomic E-state index is 4.86. The van der Waals surface area contributed by atoms with E-state index in [1.54, 1.807) is 0 Å². The Balaban J connectivity index is 2.20. The largest absolute Gasteiger partial charge is 0.354 e. The summed E-state index contributed by atoms with van der Waals surface area (Å²) < 4.78 is 0. The first-order valence-electron chi connectivity index (χ1n) is 7.55. The molecule has 0 amide bonds. The van der Waals surface area contributed by atoms with Crippen molar-refractivity contribution in [3.63, 3.8) is 0 Å². The highest BCUT2D eigenvalue weighted by Crippen LogP contribution is 2.26. The minimum atomic E-state index is 1.02. The number of benzene rings is 2. The van der Waals surface area contributed by atoms with Crippen molar-refractivity contribution < 1.29 is 0 Å². The van der Waals surface area contributed by atoms with Crippen LogP contribution in [0.25, 0.3) is 17.0 Å². The van der Waals surface area contributed by atoms with Crippen LogP contribution in [0.2, 0.25) is 0 Å². The Morgan fingerprint density at radius 2 is 1.77 bits per heavy atom. The summed E-state index contributed by atoms with van der Waals surface area (Å²) in [7, 11) is 0. The highest BCUT2D eigenvalue weighted by molar-refractivity contribution is 6.13. The van der Waals surface area contributed by atoms with Crippen LogP contribution in [0.4, 0.5) is 5.69 Å². The van der Waals surface area contributed by atoms with E-state index in [1.165, 1.54) is 16.5 Å². The third kappa shape index (κ3) is 2.60. The van der Waals surface area contributed by atoms with Crippen molar-refractivity contribution in [1.29, 1.82) is 0 Å². The molecular weight excluding hydrogens is 268 g/mol. The van der Waals surface area contributed by atoms with Crippen molar-refractivity contribution in [3.8, 4) is 0 Å². The number of H-pyrrole nitrogens is 1. The average Bonchev–Trinajstić information content (AvgIpc) is 2.88. The van der Waals surface area contributed by atoms with E-state index >= 15 is 0 Å². The molecule has 110 valence electrons. The lowest BCUT2D eigenvalue weighted by Gasteiger charge is -2.04. The summed E-state index contributed by atoms with van der Waals surface area (Å²) in [6.07, 6.45) is 4.15. The van der Waals surface area contributed by atoms with Crippen LogP contribution in [0.5, 0.6) is 0 Å². The maximum absolute atomic E-state index is 4.86. The van der Waals surface area contributed by atoms with E-state index in [-0.39, 0.29) is 0 Å². The Bertz CT molecular complexity index is 866. The first-order chi connectivity index (χ1) is 10.7. The first kappa shape index (κ1) is 14.3. The van der Waals surface area contributed by atoms with Crippen molar-refractivity contribution in [3.05, 3.63) is 71.4 Å². The first-order valence-corrected chi connectivity index (χ1v) is 7.55. The topological polar surface area (TPSA) is 28.1 Å². The van der Waals surface area contributed by atoms with E-state index in [4.69, 9.17) is 4.99 Å². The number of aryl methyl sites for hydroxylation is 1. The number of hydrogen-bond acceptors (Lipinski definition) is 1. The van der Waals surface area contributed by atoms with Gasteiger partial charge >= 0.3 is 0 Å². The van der Waals surface area contributed by atoms with Crippen LogP contribution in [0.15, 0.2) is 59.6 Å². The molecule has 0 aliphatic rings. The van der Waals surface area contributed by atoms with Crippen molar-refractivity contribution in [2.45, 2.75) is 20.8 Å². The molecule has 0 aliphatic heterocycles. The molecule has 0 atom stereocenters. The van der Waals surface area contributed by atoms with Crippen LogP contribution in [0.3, 0.4) is 0 Å². The molecule has 3 rings (SSSR count). The van der Waals surface area contributed by atoms with Gasteiger partial charge in [-0.25, -0.2) is 0 Å². The van der Waals surface area contributed by atoms with Crippen LogP contribution in [-0.2, 0) is 0 Å². The summed E-state index contributed by atoms with van der Waals surface area (Å²) >= 11 is 0. The molecule has 2 nitrogen and oxygen atoms in total. The summed E-state index contributed by atoms with van der Waals surface area (Å²) in [6.45, 7) is 6.20. The second kappa shape index (κ2) is 6.02. The SMILES string of the molecule is C/C=C\c1[nH]c2ccccc2c1C(C)=Nc1ccccc1C. The Morgan fingerprint density at radius 3 is 2.55 bits per heavy atom. The normalized spacial score (nSPS) is 12.4. The third-order valence-corrected chi connectivity index (χ3v) is 3.83. The van der Waals surface area contributed by atoms with Crippen LogP contribution >= 0.6 is 0 Å². The number of hydrogen-bond donors (Lipinski definition) is 1. The molecule has 1 heterocycles. The zero-order valence-electron chi connectivity index (χ0n) is 13.2. The molecule has 0 fully saturated rings. The molecule has 3 aromatic rings. The number of para-hydroxylation sites is 2. The summed E-state index contributed by atoms with van der Waals surface area (Å²) in [5, 5.41) is 1.21. The number of rotatable bonds is 3. The number of fused-ring (bicyclic) bond motifs is 1. The lowest BCUT2D eigenvalue weighted by Crippen LogP contribution is -1.96. The van der Waals surface area contributed by atoms with Gasteiger partial charge in [0, 0.05) is 27.9 Å². The van der Waals surface area contributed by atoms with Gasteiger partial charge < -0.3 is 4.98 Å². The molecule has 1 aromatic heterocycles. The fourth-order valence-electron chi connectivity index (χ4n) is 2.77. The molecule has 0 radical (unpaired) electrons. The number of nitrogens with one attached hydrogen (secondary N) is 1. The molecule has 22 heavy (non-hydrogen) atoms. The van der Waals surface area contributed by atoms with Gasteiger partial charge in [0.1, 0.15) is 0 Å². The fourth-order valence-corrected chi connectivity index (χ4v) is 2.77. The molecule has 1 N–H and O–H groups in total. The quantitative estimate of drug-likeness (QED) is 0.603. The van der Waals surface area contributed by atoms with Gasteiger partial charge in [-0.3, -0.25) is 4.99 Å². The molecular formula is C20H20N2. The predicted octanol–water partition coefficient (Wildman–Crippen LogP) is 5.65. The lowest BCUT2D eigenvalue weighted by atomic mass is 10.1. The monoisotopic (exact) mass is 288 g/mol. The van der Waals surface area contributed by atoms with E-state index in [2.05, 4.69) is 67.4 Å². The van der Waals surface area contributed by atoms with E-state index in [1.807, 2.05) is 19.1 Å². The molecule has 0 unspecified atom stereocenters. The number of aromatic amines is 1. The van der Waals surface area contributed by atoms with Gasteiger partial charge in [0.15, 0.2) is 0 Å². The Labute approximate surface area is 131 Å². The highest BCUT2D eigenvalue weighted by Gasteiger charge is 2.12. The van der Waals surface area contributed by atoms with Gasteiger partial charge in [0.2, 0.25) is 0 Å². The standard InChI is InChI=1S/C20H20N2/c1-4-9-19-20(16-11-6-8-13-18(16)22-19)15(3)21-17-12-7-5-10-14(17)2/h4-13,22H,1-3H3/b9-4-,21-15?. The maximum Gasteiger partial charge on any atom is 0.0662 e. The minimum absolute atomic E-state index is 1.02. The van der Waals surface area contributed by atoms with Gasteiger partial charge in [-0.2, -0.15) is 0 Å². The van der Waals surface area contributed by atoms with Gasteiger partial charge in [0.05, 0.1) is 5.69 Å². The Morgan fingerprint density at radius 1 is 1.05 bits per heavy atom. The van der Waals surface area contributed by atoms with Crippen LogP contribution in [0, 0.1) is 6.92 Å². The van der Waals surface area contributed by atoms with Crippen LogP contribution in [-0.4, -0.2) is 10.7 Å². The highest BCUT2D eigenvalue weighted by atomic mass is 14.8. The minimum Gasteiger partial charge on any atom is -0.354 e. The summed E-state index contributed by atoms with van der Waals surface area (Å²) in [5.41, 5.74) is 6.67. The van der Waals surface area contributed by atoms with E-state index < -0.39 is 0 Å². The zero-order valence-corrected chi connectivity index (χ0v) is 13.2. The second-order valence-corrected chi connectivity index (χ2v) is 5.44. The van der Waals surface area contributed by atoms with E-state index in [9.17, 15) is 0 Å². The van der Waals surface area contributed by atoms with Crippen LogP contribution < -0.4 is 0 Å². The summed E-state index contributed by atoms with van der Waals surface area (Å²) in [6, 6.07) is 16.6. The third-order valence-electron chi connectivity index (χ3n) is 3.83. The Hall–Kier alpha value is -2.61. The number of allylic oxidation sites excluding steroid dienone is 1. The van der Waals surface area contributed by atoms with Gasteiger partial charge in [-0.05, 0) is 44.5 Å². The fraction of sp³-hybridized carbons (Fsp3) is 0.150. The number of aliphatic imine (C=N–C) groups is 1. The molecule has 0 spiro atoms. The number of aromatic nitrogens is 1. The lowest BCUT2D eigenvalue weighted by molar-refractivity contribution is 1.37. The van der Waals surface area contributed by atoms with Crippen molar-refractivity contribution in [2.75, 3.05) is 0 Å². The van der Waals surface area contributed by atoms with Gasteiger partial charge in [-0.1, -0.05) is 42.5 Å². The van der Waals surface area contributed by atoms with Crippen LogP contribution in [0.1, 0.15) is 30.7 Å². The molecule has 0 aliphatic carbocycles. The molecule has 0 saturated carbocycles. The van der Waals surface area contributed by atoms with E-state index in [0.29, 0.717) is 0 Å². The van der Waals surface area contributed by atoms with Gasteiger partial charge in [0.25, 0.3) is 0 Å². The molecule has 2 aromatic carbocycles. The Kier molecular flexibility index (Phi) is 3.92. The zero-order chi connectivity index (χ0) is 15.5. The molecule has 0 bridgehead atoms. The molecule has 2 heteroatoms. The van der Waals surface area contributed by atoms with Crippen molar-refractivity contribution >= 4 is 28.4 Å². The molecule has 0 saturated heterocycles. The van der Waals surface area contributed by atoms with Crippen molar-refractivity contribution in [2.24, 2.45) is 4.99 Å². The smallest absolute Gasteiger partial charge is 0.0662 e. The summed E-state index contributed by atoms with van der Waals surface area (Å²) in [5.74, 6) is 0. The predicted molar refractivity (Wildman–Crippen MR) is 96.1 cm³/mol. The number of nitrogens with zero attached hydrogens (tertiary/aromatic N) is 1. The second-order valence-electron chi connectivity index (χ2n) is 5.44. The van der Waals surface area contributed by atoms with Gasteiger partial charge in [-0.15, -0.1) is 0 Å². The van der Waals surface area contributed by atoms with E-state index in [0.717, 1.165) is 22.6 Å². The van der Waals surface area contributed by atoms with Crippen molar-refractivity contribution in [1.82, 2.24) is 4.98 Å². The average molecular weight is 288 g/mol.